The van der Waals surface area contributed by atoms with Crippen molar-refractivity contribution in [3.63, 3.8) is 0 Å². The minimum absolute atomic E-state index is 0.0177. The van der Waals surface area contributed by atoms with Gasteiger partial charge in [0.1, 0.15) is 12.7 Å². The Morgan fingerprint density at radius 1 is 1.35 bits per heavy atom. The van der Waals surface area contributed by atoms with E-state index in [1.807, 2.05) is 6.07 Å². The number of anilines is 1. The fourth-order valence-corrected chi connectivity index (χ4v) is 3.11. The van der Waals surface area contributed by atoms with E-state index < -0.39 is 10.0 Å². The second-order valence-electron chi connectivity index (χ2n) is 4.26. The molecule has 1 N–H and O–H groups in total. The Hall–Kier alpha value is -1.60. The molecule has 0 fully saturated rings. The molecule has 8 heteroatoms. The summed E-state index contributed by atoms with van der Waals surface area (Å²) in [4.78, 5) is 3.86. The molecule has 2 aromatic rings. The number of benzene rings is 1. The number of nitrogens with one attached hydrogen (secondary N) is 1. The highest BCUT2D eigenvalue weighted by Gasteiger charge is 2.10. The maximum absolute atomic E-state index is 11.8. The molecular weight excluding hydrogens is 300 g/mol. The smallest absolute Gasteiger partial charge is 0.232 e. The van der Waals surface area contributed by atoms with E-state index >= 15 is 0 Å². The third-order valence-electron chi connectivity index (χ3n) is 2.56. The van der Waals surface area contributed by atoms with Crippen LogP contribution in [0, 0.1) is 0 Å². The fraction of sp³-hybridized carbons (Fsp3) is 0.333. The lowest BCUT2D eigenvalue weighted by atomic mass is 10.2. The Balaban J connectivity index is 2.06. The molecule has 0 saturated carbocycles. The molecule has 0 amide bonds. The van der Waals surface area contributed by atoms with Crippen LogP contribution >= 0.6 is 11.6 Å². The summed E-state index contributed by atoms with van der Waals surface area (Å²) in [5, 5.41) is 4.01. The first kappa shape index (κ1) is 14.8. The number of sulfonamides is 1. The number of alkyl halides is 1. The largest absolute Gasteiger partial charge is 0.284 e. The van der Waals surface area contributed by atoms with Gasteiger partial charge in [-0.1, -0.05) is 12.1 Å². The highest BCUT2D eigenvalue weighted by molar-refractivity contribution is 7.92. The molecule has 0 radical (unpaired) electrons. The van der Waals surface area contributed by atoms with Crippen molar-refractivity contribution in [2.75, 3.05) is 16.4 Å². The zero-order chi connectivity index (χ0) is 14.4. The third-order valence-corrected chi connectivity index (χ3v) is 4.20. The summed E-state index contributed by atoms with van der Waals surface area (Å²) in [6.45, 7) is 0.539. The van der Waals surface area contributed by atoms with Crippen LogP contribution in [0.5, 0.6) is 0 Å². The van der Waals surface area contributed by atoms with E-state index in [1.165, 1.54) is 6.33 Å². The first-order valence-electron chi connectivity index (χ1n) is 6.07. The predicted molar refractivity (Wildman–Crippen MR) is 78.3 cm³/mol. The molecule has 108 valence electrons. The van der Waals surface area contributed by atoms with Gasteiger partial charge in [0.2, 0.25) is 10.0 Å². The fourth-order valence-electron chi connectivity index (χ4n) is 1.71. The van der Waals surface area contributed by atoms with E-state index in [1.54, 1.807) is 29.2 Å². The van der Waals surface area contributed by atoms with E-state index in [2.05, 4.69) is 14.8 Å². The van der Waals surface area contributed by atoms with Crippen LogP contribution in [0.2, 0.25) is 0 Å². The second kappa shape index (κ2) is 6.71. The van der Waals surface area contributed by atoms with E-state index in [9.17, 15) is 8.42 Å². The van der Waals surface area contributed by atoms with Crippen LogP contribution in [-0.4, -0.2) is 34.8 Å². The van der Waals surface area contributed by atoms with Crippen molar-refractivity contribution in [2.24, 2.45) is 0 Å². The Bertz CT molecular complexity index is 643. The average Bonchev–Trinajstić information content (AvgIpc) is 2.89. The molecule has 2 rings (SSSR count). The van der Waals surface area contributed by atoms with Gasteiger partial charge in [-0.25, -0.2) is 18.1 Å². The lowest BCUT2D eigenvalue weighted by Gasteiger charge is -2.09. The van der Waals surface area contributed by atoms with E-state index in [0.29, 0.717) is 24.5 Å². The summed E-state index contributed by atoms with van der Waals surface area (Å²) in [5.74, 6) is 0.344. The van der Waals surface area contributed by atoms with Gasteiger partial charge >= 0.3 is 0 Å². The molecule has 6 nitrogen and oxygen atoms in total. The normalized spacial score (nSPS) is 11.4. The number of rotatable bonds is 7. The van der Waals surface area contributed by atoms with Crippen molar-refractivity contribution in [3.8, 4) is 0 Å². The van der Waals surface area contributed by atoms with Gasteiger partial charge in [0.25, 0.3) is 0 Å². The van der Waals surface area contributed by atoms with E-state index in [0.717, 1.165) is 5.56 Å². The second-order valence-corrected chi connectivity index (χ2v) is 6.48. The molecule has 0 aliphatic heterocycles. The van der Waals surface area contributed by atoms with Crippen LogP contribution in [0.4, 0.5) is 5.69 Å². The summed E-state index contributed by atoms with van der Waals surface area (Å²) in [6, 6.07) is 7.19. The van der Waals surface area contributed by atoms with Gasteiger partial charge < -0.3 is 0 Å². The molecule has 0 aliphatic carbocycles. The minimum Gasteiger partial charge on any atom is -0.284 e. The molecule has 0 spiro atoms. The summed E-state index contributed by atoms with van der Waals surface area (Å²) < 4.78 is 27.8. The highest BCUT2D eigenvalue weighted by Crippen LogP contribution is 2.13. The molecule has 0 saturated heterocycles. The highest BCUT2D eigenvalue weighted by atomic mass is 35.5. The molecule has 0 unspecified atom stereocenters. The minimum atomic E-state index is -3.34. The number of hydrogen-bond donors (Lipinski definition) is 1. The zero-order valence-corrected chi connectivity index (χ0v) is 12.3. The van der Waals surface area contributed by atoms with Gasteiger partial charge in [-0.2, -0.15) is 5.10 Å². The number of aromatic nitrogens is 3. The van der Waals surface area contributed by atoms with Crippen molar-refractivity contribution in [1.29, 1.82) is 0 Å². The Morgan fingerprint density at radius 2 is 2.20 bits per heavy atom. The van der Waals surface area contributed by atoms with Gasteiger partial charge in [-0.3, -0.25) is 4.72 Å². The SMILES string of the molecule is O=S(=O)(CCCCl)Nc1cccc(Cn2cncn2)c1. The van der Waals surface area contributed by atoms with Gasteiger partial charge in [-0.15, -0.1) is 11.6 Å². The van der Waals surface area contributed by atoms with Crippen LogP contribution in [0.3, 0.4) is 0 Å². The topological polar surface area (TPSA) is 76.9 Å². The van der Waals surface area contributed by atoms with Gasteiger partial charge in [0.05, 0.1) is 12.3 Å². The molecule has 0 bridgehead atoms. The van der Waals surface area contributed by atoms with Crippen molar-refractivity contribution in [3.05, 3.63) is 42.5 Å². The Kier molecular flexibility index (Phi) is 4.97. The van der Waals surface area contributed by atoms with E-state index in [4.69, 9.17) is 11.6 Å². The van der Waals surface area contributed by atoms with Crippen molar-refractivity contribution >= 4 is 27.3 Å². The van der Waals surface area contributed by atoms with E-state index in [-0.39, 0.29) is 5.75 Å². The van der Waals surface area contributed by atoms with Gasteiger partial charge in [-0.05, 0) is 24.1 Å². The average molecular weight is 315 g/mol. The monoisotopic (exact) mass is 314 g/mol. The Morgan fingerprint density at radius 3 is 2.90 bits per heavy atom. The molecule has 1 aromatic carbocycles. The molecule has 0 atom stereocenters. The zero-order valence-electron chi connectivity index (χ0n) is 10.7. The summed E-state index contributed by atoms with van der Waals surface area (Å²) in [6.07, 6.45) is 3.49. The van der Waals surface area contributed by atoms with Crippen molar-refractivity contribution in [2.45, 2.75) is 13.0 Å². The lowest BCUT2D eigenvalue weighted by Crippen LogP contribution is -2.17. The summed E-state index contributed by atoms with van der Waals surface area (Å²) >= 11 is 5.51. The maximum Gasteiger partial charge on any atom is 0.232 e. The van der Waals surface area contributed by atoms with Gasteiger partial charge in [0.15, 0.2) is 0 Å². The number of halogens is 1. The van der Waals surface area contributed by atoms with Crippen LogP contribution in [0.1, 0.15) is 12.0 Å². The summed E-state index contributed by atoms with van der Waals surface area (Å²) in [7, 11) is -3.34. The van der Waals surface area contributed by atoms with Crippen molar-refractivity contribution in [1.82, 2.24) is 14.8 Å². The Labute approximate surface area is 122 Å². The number of hydrogen-bond acceptors (Lipinski definition) is 4. The van der Waals surface area contributed by atoms with Gasteiger partial charge in [0, 0.05) is 11.6 Å². The predicted octanol–water partition coefficient (Wildman–Crippen LogP) is 1.70. The first-order valence-corrected chi connectivity index (χ1v) is 8.25. The van der Waals surface area contributed by atoms with Crippen molar-refractivity contribution < 1.29 is 8.42 Å². The molecule has 1 heterocycles. The quantitative estimate of drug-likeness (QED) is 0.789. The maximum atomic E-state index is 11.8. The molecule has 0 aliphatic rings. The van der Waals surface area contributed by atoms with Crippen LogP contribution in [0.25, 0.3) is 0 Å². The molecule has 1 aromatic heterocycles. The lowest BCUT2D eigenvalue weighted by molar-refractivity contribution is 0.600. The summed E-state index contributed by atoms with van der Waals surface area (Å²) in [5.41, 5.74) is 1.48. The molecule has 20 heavy (non-hydrogen) atoms. The standard InChI is InChI=1S/C12H15ClN4O2S/c13-5-2-6-20(18,19)16-12-4-1-3-11(7-12)8-17-10-14-9-15-17/h1,3-4,7,9-10,16H,2,5-6,8H2. The molecular formula is C12H15ClN4O2S. The van der Waals surface area contributed by atoms with Crippen LogP contribution in [-0.2, 0) is 16.6 Å². The third kappa shape index (κ3) is 4.50. The number of nitrogens with zero attached hydrogens (tertiary/aromatic N) is 3. The first-order chi connectivity index (χ1) is 9.59. The van der Waals surface area contributed by atoms with Crippen LogP contribution < -0.4 is 4.72 Å². The van der Waals surface area contributed by atoms with Crippen LogP contribution in [0.15, 0.2) is 36.9 Å².